The maximum Gasteiger partial charge on any atom is 0.264 e. The molecule has 2 aliphatic rings. The van der Waals surface area contributed by atoms with Gasteiger partial charge in [0.1, 0.15) is 40.5 Å². The third-order valence-corrected chi connectivity index (χ3v) is 9.27. The molecular formula is C31H30F2N6O4S. The van der Waals surface area contributed by atoms with Gasteiger partial charge in [0.15, 0.2) is 0 Å². The molecule has 2 aromatic heterocycles. The number of hydrogen-bond acceptors (Lipinski definition) is 8. The molecule has 2 fully saturated rings. The lowest BCUT2D eigenvalue weighted by molar-refractivity contribution is -0.126. The van der Waals surface area contributed by atoms with Crippen LogP contribution >= 0.6 is 0 Å². The van der Waals surface area contributed by atoms with Crippen molar-refractivity contribution in [1.82, 2.24) is 19.9 Å². The number of sulfonamides is 1. The number of nitrogens with zero attached hydrogens (tertiary/aromatic N) is 5. The van der Waals surface area contributed by atoms with E-state index in [9.17, 15) is 22.0 Å². The van der Waals surface area contributed by atoms with E-state index in [2.05, 4.69) is 31.2 Å². The second-order valence-corrected chi connectivity index (χ2v) is 12.4. The summed E-state index contributed by atoms with van der Waals surface area (Å²) in [6.07, 6.45) is 7.88. The second kappa shape index (κ2) is 12.2. The zero-order valence-electron chi connectivity index (χ0n) is 23.7. The summed E-state index contributed by atoms with van der Waals surface area (Å²) in [4.78, 5) is 28.6. The quantitative estimate of drug-likeness (QED) is 0.276. The standard InChI is InChI=1S/C31H30F2N6O4S/c1-2-29(40)38-11-13-39(14-12-38)30-24-15-20(7-9-26(24)35-19-36-30)21-16-27(31(34-18-21)43-23-5-3-4-6-23)37-44(41,42)28-10-8-22(32)17-25(28)33/h2,7-10,15-19,23,37H,1,3-6,11-14H2. The Kier molecular flexibility index (Phi) is 8.13. The van der Waals surface area contributed by atoms with Crippen molar-refractivity contribution in [3.8, 4) is 17.0 Å². The predicted molar refractivity (Wildman–Crippen MR) is 162 cm³/mol. The molecule has 1 N–H and O–H groups in total. The van der Waals surface area contributed by atoms with Gasteiger partial charge < -0.3 is 14.5 Å². The van der Waals surface area contributed by atoms with Gasteiger partial charge in [-0.2, -0.15) is 0 Å². The SMILES string of the molecule is C=CC(=O)N1CCN(c2ncnc3ccc(-c4cnc(OC5CCCC5)c(NS(=O)(=O)c5ccc(F)cc5F)c4)cc23)CC1. The highest BCUT2D eigenvalue weighted by molar-refractivity contribution is 7.92. The summed E-state index contributed by atoms with van der Waals surface area (Å²) in [6.45, 7) is 5.78. The molecule has 1 aliphatic heterocycles. The molecule has 1 aliphatic carbocycles. The minimum absolute atomic E-state index is 0.0331. The fourth-order valence-corrected chi connectivity index (χ4v) is 6.68. The van der Waals surface area contributed by atoms with Gasteiger partial charge in [-0.05, 0) is 67.7 Å². The Bertz CT molecular complexity index is 1840. The highest BCUT2D eigenvalue weighted by Gasteiger charge is 2.26. The van der Waals surface area contributed by atoms with Crippen molar-refractivity contribution >= 4 is 38.3 Å². The number of pyridine rings is 1. The van der Waals surface area contributed by atoms with Gasteiger partial charge in [0.05, 0.1) is 5.52 Å². The first-order valence-corrected chi connectivity index (χ1v) is 15.8. The lowest BCUT2D eigenvalue weighted by atomic mass is 10.0. The summed E-state index contributed by atoms with van der Waals surface area (Å²) in [5.41, 5.74) is 2.03. The number of amides is 1. The topological polar surface area (TPSA) is 118 Å². The highest BCUT2D eigenvalue weighted by Crippen LogP contribution is 2.35. The summed E-state index contributed by atoms with van der Waals surface area (Å²) < 4.78 is 63.0. The van der Waals surface area contributed by atoms with Crippen LogP contribution in [-0.4, -0.2) is 66.5 Å². The van der Waals surface area contributed by atoms with Crippen molar-refractivity contribution in [1.29, 1.82) is 0 Å². The van der Waals surface area contributed by atoms with Crippen molar-refractivity contribution in [2.75, 3.05) is 35.8 Å². The molecule has 6 rings (SSSR count). The molecule has 1 amide bonds. The van der Waals surface area contributed by atoms with Gasteiger partial charge in [-0.3, -0.25) is 9.52 Å². The average molecular weight is 621 g/mol. The minimum atomic E-state index is -4.46. The highest BCUT2D eigenvalue weighted by atomic mass is 32.2. The van der Waals surface area contributed by atoms with Crippen LogP contribution in [0.5, 0.6) is 5.88 Å². The van der Waals surface area contributed by atoms with Crippen LogP contribution in [0.1, 0.15) is 25.7 Å². The Balaban J connectivity index is 1.35. The molecule has 1 saturated heterocycles. The number of piperazine rings is 1. The van der Waals surface area contributed by atoms with Gasteiger partial charge >= 0.3 is 0 Å². The fraction of sp³-hybridized carbons (Fsp3) is 0.290. The van der Waals surface area contributed by atoms with Crippen LogP contribution in [0.25, 0.3) is 22.0 Å². The molecule has 0 atom stereocenters. The van der Waals surface area contributed by atoms with Gasteiger partial charge in [-0.1, -0.05) is 12.6 Å². The maximum absolute atomic E-state index is 14.5. The smallest absolute Gasteiger partial charge is 0.264 e. The fourth-order valence-electron chi connectivity index (χ4n) is 5.58. The lowest BCUT2D eigenvalue weighted by Crippen LogP contribution is -2.48. The molecule has 228 valence electrons. The Morgan fingerprint density at radius 2 is 1.75 bits per heavy atom. The Morgan fingerprint density at radius 3 is 2.48 bits per heavy atom. The van der Waals surface area contributed by atoms with Crippen molar-refractivity contribution in [2.24, 2.45) is 0 Å². The van der Waals surface area contributed by atoms with Crippen LogP contribution in [0.4, 0.5) is 20.3 Å². The molecule has 44 heavy (non-hydrogen) atoms. The van der Waals surface area contributed by atoms with E-state index in [-0.39, 0.29) is 23.6 Å². The van der Waals surface area contributed by atoms with Gasteiger partial charge in [-0.25, -0.2) is 32.2 Å². The van der Waals surface area contributed by atoms with Gasteiger partial charge in [0.2, 0.25) is 11.8 Å². The van der Waals surface area contributed by atoms with Gasteiger partial charge in [0, 0.05) is 49.4 Å². The van der Waals surface area contributed by atoms with Crippen molar-refractivity contribution in [2.45, 2.75) is 36.7 Å². The molecule has 4 aromatic rings. The van der Waals surface area contributed by atoms with Crippen LogP contribution in [0.15, 0.2) is 72.5 Å². The first-order valence-electron chi connectivity index (χ1n) is 14.3. The first-order chi connectivity index (χ1) is 21.2. The molecule has 1 saturated carbocycles. The number of halogens is 2. The van der Waals surface area contributed by atoms with E-state index in [1.165, 1.54) is 12.4 Å². The summed E-state index contributed by atoms with van der Waals surface area (Å²) in [5, 5.41) is 0.773. The molecule has 13 heteroatoms. The number of carbonyl (C=O) groups is 1. The number of benzene rings is 2. The molecule has 2 aromatic carbocycles. The van der Waals surface area contributed by atoms with Crippen LogP contribution in [0, 0.1) is 11.6 Å². The Labute approximate surface area is 253 Å². The zero-order chi connectivity index (χ0) is 30.8. The number of carbonyl (C=O) groups excluding carboxylic acids is 1. The van der Waals surface area contributed by atoms with Crippen molar-refractivity contribution < 1.29 is 26.7 Å². The molecule has 0 unspecified atom stereocenters. The van der Waals surface area contributed by atoms with Gasteiger partial charge in [-0.15, -0.1) is 0 Å². The Morgan fingerprint density at radius 1 is 0.977 bits per heavy atom. The third kappa shape index (κ3) is 6.05. The largest absolute Gasteiger partial charge is 0.473 e. The van der Waals surface area contributed by atoms with E-state index in [1.807, 2.05) is 18.2 Å². The van der Waals surface area contributed by atoms with Crippen LogP contribution in [-0.2, 0) is 14.8 Å². The molecule has 0 bridgehead atoms. The number of anilines is 2. The summed E-state index contributed by atoms with van der Waals surface area (Å²) >= 11 is 0. The Hall–Kier alpha value is -4.65. The summed E-state index contributed by atoms with van der Waals surface area (Å²) in [5.74, 6) is -1.42. The van der Waals surface area contributed by atoms with E-state index in [1.54, 1.807) is 17.2 Å². The maximum atomic E-state index is 14.5. The van der Waals surface area contributed by atoms with E-state index < -0.39 is 26.6 Å². The van der Waals surface area contributed by atoms with Crippen LogP contribution in [0.3, 0.4) is 0 Å². The van der Waals surface area contributed by atoms with Crippen LogP contribution < -0.4 is 14.4 Å². The molecular weight excluding hydrogens is 590 g/mol. The number of hydrogen-bond donors (Lipinski definition) is 1. The van der Waals surface area contributed by atoms with E-state index in [0.717, 1.165) is 43.2 Å². The molecule has 10 nitrogen and oxygen atoms in total. The minimum Gasteiger partial charge on any atom is -0.473 e. The predicted octanol–water partition coefficient (Wildman–Crippen LogP) is 4.93. The number of fused-ring (bicyclic) bond motifs is 1. The lowest BCUT2D eigenvalue weighted by Gasteiger charge is -2.35. The number of aromatic nitrogens is 3. The number of ether oxygens (including phenoxy) is 1. The number of rotatable bonds is 8. The third-order valence-electron chi connectivity index (χ3n) is 7.87. The molecule has 3 heterocycles. The zero-order valence-corrected chi connectivity index (χ0v) is 24.6. The molecule has 0 spiro atoms. The van der Waals surface area contributed by atoms with Crippen molar-refractivity contribution in [3.05, 3.63) is 79.3 Å². The summed E-state index contributed by atoms with van der Waals surface area (Å²) in [6, 6.07) is 9.44. The van der Waals surface area contributed by atoms with Crippen LogP contribution in [0.2, 0.25) is 0 Å². The van der Waals surface area contributed by atoms with Crippen molar-refractivity contribution in [3.63, 3.8) is 0 Å². The van der Waals surface area contributed by atoms with E-state index in [4.69, 9.17) is 4.74 Å². The monoisotopic (exact) mass is 620 g/mol. The first kappa shape index (κ1) is 29.4. The van der Waals surface area contributed by atoms with E-state index >= 15 is 0 Å². The second-order valence-electron chi connectivity index (χ2n) is 10.7. The average Bonchev–Trinajstić information content (AvgIpc) is 3.54. The molecule has 0 radical (unpaired) electrons. The normalized spacial score (nSPS) is 15.9. The van der Waals surface area contributed by atoms with E-state index in [0.29, 0.717) is 54.7 Å². The number of nitrogens with one attached hydrogen (secondary N) is 1. The van der Waals surface area contributed by atoms with Gasteiger partial charge in [0.25, 0.3) is 10.0 Å². The summed E-state index contributed by atoms with van der Waals surface area (Å²) in [7, 11) is -4.46.